The predicted molar refractivity (Wildman–Crippen MR) is 55.4 cm³/mol. The highest BCUT2D eigenvalue weighted by atomic mass is 16.3. The maximum atomic E-state index is 10.8. The number of carbonyl (C=O) groups excluding carboxylic acids is 1. The van der Waals surface area contributed by atoms with Crippen LogP contribution in [0.4, 0.5) is 5.69 Å². The maximum absolute atomic E-state index is 10.8. The van der Waals surface area contributed by atoms with Gasteiger partial charge in [-0.25, -0.2) is 0 Å². The largest absolute Gasteiger partial charge is 0.507 e. The molecule has 0 aliphatic carbocycles. The Morgan fingerprint density at radius 3 is 2.71 bits per heavy atom. The Labute approximate surface area is 80.8 Å². The van der Waals surface area contributed by atoms with E-state index in [1.165, 1.54) is 6.07 Å². The molecule has 14 heavy (non-hydrogen) atoms. The first kappa shape index (κ1) is 8.56. The van der Waals surface area contributed by atoms with Gasteiger partial charge in [-0.05, 0) is 17.5 Å². The number of aldehydes is 1. The lowest BCUT2D eigenvalue weighted by atomic mass is 10.0. The third-order valence-corrected chi connectivity index (χ3v) is 2.22. The van der Waals surface area contributed by atoms with E-state index in [4.69, 9.17) is 5.73 Å². The summed E-state index contributed by atoms with van der Waals surface area (Å²) in [5.41, 5.74) is 6.35. The van der Waals surface area contributed by atoms with Crippen molar-refractivity contribution in [3.05, 3.63) is 35.9 Å². The van der Waals surface area contributed by atoms with E-state index in [2.05, 4.69) is 0 Å². The lowest BCUT2D eigenvalue weighted by Crippen LogP contribution is -1.93. The Kier molecular flexibility index (Phi) is 1.85. The standard InChI is InChI=1S/C11H9NO2/c12-9-5-4-7-2-1-3-10(14)11(7)8(9)6-13/h1-6,14H,12H2. The van der Waals surface area contributed by atoms with E-state index >= 15 is 0 Å². The van der Waals surface area contributed by atoms with Crippen LogP contribution in [0.3, 0.4) is 0 Å². The summed E-state index contributed by atoms with van der Waals surface area (Å²) >= 11 is 0. The normalized spacial score (nSPS) is 10.3. The molecule has 3 nitrogen and oxygen atoms in total. The van der Waals surface area contributed by atoms with Crippen LogP contribution >= 0.6 is 0 Å². The number of nitrogen functional groups attached to an aromatic ring is 1. The number of phenolic OH excluding ortho intramolecular Hbond substituents is 1. The molecule has 0 atom stereocenters. The van der Waals surface area contributed by atoms with Gasteiger partial charge in [0.1, 0.15) is 5.75 Å². The third kappa shape index (κ3) is 1.10. The molecule has 0 heterocycles. The van der Waals surface area contributed by atoms with Crippen molar-refractivity contribution < 1.29 is 9.90 Å². The van der Waals surface area contributed by atoms with Gasteiger partial charge in [0.25, 0.3) is 0 Å². The monoisotopic (exact) mass is 187 g/mol. The third-order valence-electron chi connectivity index (χ3n) is 2.22. The topological polar surface area (TPSA) is 63.3 Å². The molecular weight excluding hydrogens is 178 g/mol. The fourth-order valence-electron chi connectivity index (χ4n) is 1.53. The first-order valence-electron chi connectivity index (χ1n) is 4.19. The lowest BCUT2D eigenvalue weighted by Gasteiger charge is -2.05. The molecule has 70 valence electrons. The number of carbonyl (C=O) groups is 1. The van der Waals surface area contributed by atoms with Crippen molar-refractivity contribution in [2.75, 3.05) is 5.73 Å². The van der Waals surface area contributed by atoms with Crippen molar-refractivity contribution in [3.8, 4) is 5.75 Å². The van der Waals surface area contributed by atoms with E-state index in [1.54, 1.807) is 18.2 Å². The van der Waals surface area contributed by atoms with Gasteiger partial charge in [-0.2, -0.15) is 0 Å². The fraction of sp³-hybridized carbons (Fsp3) is 0. The van der Waals surface area contributed by atoms with Gasteiger partial charge < -0.3 is 10.8 Å². The van der Waals surface area contributed by atoms with Gasteiger partial charge in [-0.1, -0.05) is 18.2 Å². The SMILES string of the molecule is Nc1ccc2cccc(O)c2c1C=O. The van der Waals surface area contributed by atoms with E-state index < -0.39 is 0 Å². The van der Waals surface area contributed by atoms with Crippen molar-refractivity contribution in [2.45, 2.75) is 0 Å². The van der Waals surface area contributed by atoms with Gasteiger partial charge in [-0.3, -0.25) is 4.79 Å². The van der Waals surface area contributed by atoms with Crippen LogP contribution < -0.4 is 5.73 Å². The molecule has 0 unspecified atom stereocenters. The molecule has 0 aliphatic heterocycles. The van der Waals surface area contributed by atoms with Gasteiger partial charge >= 0.3 is 0 Å². The molecule has 0 fully saturated rings. The second kappa shape index (κ2) is 3.03. The molecule has 0 aliphatic rings. The second-order valence-electron chi connectivity index (χ2n) is 3.06. The second-order valence-corrected chi connectivity index (χ2v) is 3.06. The number of phenols is 1. The highest BCUT2D eigenvalue weighted by Crippen LogP contribution is 2.30. The molecule has 2 rings (SSSR count). The van der Waals surface area contributed by atoms with Crippen molar-refractivity contribution in [3.63, 3.8) is 0 Å². The molecule has 3 heteroatoms. The lowest BCUT2D eigenvalue weighted by molar-refractivity contribution is 0.112. The van der Waals surface area contributed by atoms with E-state index in [0.717, 1.165) is 5.39 Å². The first-order valence-corrected chi connectivity index (χ1v) is 4.19. The summed E-state index contributed by atoms with van der Waals surface area (Å²) in [5.74, 6) is 0.0805. The Hall–Kier alpha value is -2.03. The minimum Gasteiger partial charge on any atom is -0.507 e. The molecule has 2 aromatic rings. The van der Waals surface area contributed by atoms with Crippen molar-refractivity contribution >= 4 is 22.7 Å². The summed E-state index contributed by atoms with van der Waals surface area (Å²) in [6.07, 6.45) is 0.664. The summed E-state index contributed by atoms with van der Waals surface area (Å²) < 4.78 is 0. The summed E-state index contributed by atoms with van der Waals surface area (Å²) in [7, 11) is 0. The number of rotatable bonds is 1. The van der Waals surface area contributed by atoms with Crippen LogP contribution in [0.15, 0.2) is 30.3 Å². The van der Waals surface area contributed by atoms with Crippen LogP contribution in [0.5, 0.6) is 5.75 Å². The quantitative estimate of drug-likeness (QED) is 0.529. The predicted octanol–water partition coefficient (Wildman–Crippen LogP) is 1.94. The Morgan fingerprint density at radius 2 is 2.00 bits per heavy atom. The molecule has 3 N–H and O–H groups in total. The van der Waals surface area contributed by atoms with E-state index in [-0.39, 0.29) is 5.75 Å². The minimum absolute atomic E-state index is 0.0805. The average Bonchev–Trinajstić information content (AvgIpc) is 2.19. The van der Waals surface area contributed by atoms with Crippen molar-refractivity contribution in [1.82, 2.24) is 0 Å². The molecule has 0 saturated heterocycles. The maximum Gasteiger partial charge on any atom is 0.152 e. The Morgan fingerprint density at radius 1 is 1.21 bits per heavy atom. The minimum atomic E-state index is 0.0805. The molecule has 0 aromatic heterocycles. The number of hydrogen-bond acceptors (Lipinski definition) is 3. The van der Waals surface area contributed by atoms with Crippen LogP contribution in [-0.4, -0.2) is 11.4 Å². The molecule has 0 radical (unpaired) electrons. The Balaban J connectivity index is 2.98. The van der Waals surface area contributed by atoms with Crippen molar-refractivity contribution in [1.29, 1.82) is 0 Å². The van der Waals surface area contributed by atoms with Gasteiger partial charge in [0, 0.05) is 16.6 Å². The van der Waals surface area contributed by atoms with Gasteiger partial charge in [0.15, 0.2) is 6.29 Å². The highest BCUT2D eigenvalue weighted by molar-refractivity contribution is 6.05. The zero-order valence-corrected chi connectivity index (χ0v) is 7.40. The van der Waals surface area contributed by atoms with Gasteiger partial charge in [-0.15, -0.1) is 0 Å². The van der Waals surface area contributed by atoms with Crippen LogP contribution in [0.2, 0.25) is 0 Å². The van der Waals surface area contributed by atoms with E-state index in [0.29, 0.717) is 22.9 Å². The van der Waals surface area contributed by atoms with Gasteiger partial charge in [0.2, 0.25) is 0 Å². The van der Waals surface area contributed by atoms with Crippen LogP contribution in [0.25, 0.3) is 10.8 Å². The van der Waals surface area contributed by atoms with Crippen molar-refractivity contribution in [2.24, 2.45) is 0 Å². The zero-order valence-electron chi connectivity index (χ0n) is 7.40. The average molecular weight is 187 g/mol. The molecule has 0 bridgehead atoms. The van der Waals surface area contributed by atoms with E-state index in [1.807, 2.05) is 6.07 Å². The number of aromatic hydroxyl groups is 1. The van der Waals surface area contributed by atoms with Crippen LogP contribution in [0, 0.1) is 0 Å². The molecule has 0 spiro atoms. The fourth-order valence-corrected chi connectivity index (χ4v) is 1.53. The molecule has 2 aromatic carbocycles. The number of hydrogen-bond donors (Lipinski definition) is 2. The number of benzene rings is 2. The molecule has 0 amide bonds. The molecular formula is C11H9NO2. The summed E-state index contributed by atoms with van der Waals surface area (Å²) in [6.45, 7) is 0. The van der Waals surface area contributed by atoms with Crippen LogP contribution in [-0.2, 0) is 0 Å². The summed E-state index contributed by atoms with van der Waals surface area (Å²) in [4.78, 5) is 10.8. The Bertz CT molecular complexity index is 506. The number of anilines is 1. The van der Waals surface area contributed by atoms with Crippen LogP contribution in [0.1, 0.15) is 10.4 Å². The number of nitrogens with two attached hydrogens (primary N) is 1. The molecule has 0 saturated carbocycles. The summed E-state index contributed by atoms with van der Waals surface area (Å²) in [5, 5.41) is 10.9. The highest BCUT2D eigenvalue weighted by Gasteiger charge is 2.07. The van der Waals surface area contributed by atoms with Gasteiger partial charge in [0.05, 0.1) is 0 Å². The number of fused-ring (bicyclic) bond motifs is 1. The summed E-state index contributed by atoms with van der Waals surface area (Å²) in [6, 6.07) is 8.52. The zero-order chi connectivity index (χ0) is 10.1. The first-order chi connectivity index (χ1) is 6.74. The smallest absolute Gasteiger partial charge is 0.152 e. The van der Waals surface area contributed by atoms with E-state index in [9.17, 15) is 9.90 Å².